The van der Waals surface area contributed by atoms with Crippen LogP contribution in [0.3, 0.4) is 0 Å². The molecule has 1 heterocycles. The van der Waals surface area contributed by atoms with E-state index in [0.717, 1.165) is 31.0 Å². The molecular formula is C15H21N3O. The fourth-order valence-corrected chi connectivity index (χ4v) is 2.04. The quantitative estimate of drug-likeness (QED) is 0.827. The summed E-state index contributed by atoms with van der Waals surface area (Å²) in [5, 5.41) is 0. The van der Waals surface area contributed by atoms with E-state index in [0.29, 0.717) is 13.2 Å². The van der Waals surface area contributed by atoms with Crippen molar-refractivity contribution in [2.75, 3.05) is 13.2 Å². The van der Waals surface area contributed by atoms with Gasteiger partial charge in [0.2, 0.25) is 0 Å². The molecule has 0 bridgehead atoms. The van der Waals surface area contributed by atoms with Crippen LogP contribution in [0.1, 0.15) is 18.3 Å². The third-order valence-electron chi connectivity index (χ3n) is 3.08. The van der Waals surface area contributed by atoms with E-state index in [1.54, 1.807) is 0 Å². The number of hydrogen-bond donors (Lipinski definition) is 1. The highest BCUT2D eigenvalue weighted by atomic mass is 16.5. The Morgan fingerprint density at radius 3 is 2.74 bits per heavy atom. The van der Waals surface area contributed by atoms with Gasteiger partial charge in [0.05, 0.1) is 6.54 Å². The van der Waals surface area contributed by atoms with E-state index in [1.807, 2.05) is 24.5 Å². The number of nitrogens with two attached hydrogens (primary N) is 1. The van der Waals surface area contributed by atoms with Gasteiger partial charge in [-0.2, -0.15) is 0 Å². The Balaban J connectivity index is 1.82. The smallest absolute Gasteiger partial charge is 0.119 e. The van der Waals surface area contributed by atoms with Crippen LogP contribution in [0.4, 0.5) is 0 Å². The van der Waals surface area contributed by atoms with Crippen LogP contribution in [0.5, 0.6) is 5.75 Å². The number of nitrogens with zero attached hydrogens (tertiary/aromatic N) is 2. The highest BCUT2D eigenvalue weighted by molar-refractivity contribution is 5.27. The average Bonchev–Trinajstić information content (AvgIpc) is 2.88. The number of rotatable bonds is 7. The molecule has 2 N–H and O–H groups in total. The molecule has 0 aliphatic carbocycles. The molecule has 0 atom stereocenters. The van der Waals surface area contributed by atoms with Gasteiger partial charge in [0.25, 0.3) is 0 Å². The molecule has 102 valence electrons. The van der Waals surface area contributed by atoms with Gasteiger partial charge in [-0.3, -0.25) is 0 Å². The second-order valence-electron chi connectivity index (χ2n) is 4.42. The molecule has 4 nitrogen and oxygen atoms in total. The minimum absolute atomic E-state index is 0.652. The lowest BCUT2D eigenvalue weighted by Crippen LogP contribution is -2.10. The van der Waals surface area contributed by atoms with Crippen molar-refractivity contribution >= 4 is 0 Å². The molecule has 1 aromatic carbocycles. The van der Waals surface area contributed by atoms with Gasteiger partial charge < -0.3 is 15.0 Å². The first-order chi connectivity index (χ1) is 9.33. The van der Waals surface area contributed by atoms with E-state index in [9.17, 15) is 0 Å². The van der Waals surface area contributed by atoms with Crippen LogP contribution in [-0.4, -0.2) is 22.7 Å². The van der Waals surface area contributed by atoms with Crippen molar-refractivity contribution in [2.24, 2.45) is 5.73 Å². The Bertz CT molecular complexity index is 490. The number of benzene rings is 1. The van der Waals surface area contributed by atoms with Gasteiger partial charge in [0, 0.05) is 18.8 Å². The van der Waals surface area contributed by atoms with Gasteiger partial charge in [-0.05, 0) is 30.7 Å². The Kier molecular flexibility index (Phi) is 4.98. The minimum atomic E-state index is 0.652. The predicted octanol–water partition coefficient (Wildman–Crippen LogP) is 2.03. The van der Waals surface area contributed by atoms with Gasteiger partial charge in [-0.1, -0.05) is 19.1 Å². The summed E-state index contributed by atoms with van der Waals surface area (Å²) in [5.41, 5.74) is 6.77. The summed E-state index contributed by atoms with van der Waals surface area (Å²) in [4.78, 5) is 4.29. The predicted molar refractivity (Wildman–Crippen MR) is 76.3 cm³/mol. The van der Waals surface area contributed by atoms with Crippen LogP contribution in [0, 0.1) is 0 Å². The molecule has 2 rings (SSSR count). The molecule has 19 heavy (non-hydrogen) atoms. The zero-order chi connectivity index (χ0) is 13.5. The standard InChI is InChI=1S/C15H21N3O/c1-2-15-17-9-10-18(15)11-12-19-14-5-3-13(4-6-14)7-8-16/h3-6,9-10H,2,7-8,11-12,16H2,1H3. The van der Waals surface area contributed by atoms with E-state index in [1.165, 1.54) is 5.56 Å². The van der Waals surface area contributed by atoms with Crippen molar-refractivity contribution in [3.8, 4) is 5.75 Å². The molecule has 0 spiro atoms. The van der Waals surface area contributed by atoms with Crippen molar-refractivity contribution < 1.29 is 4.74 Å². The third-order valence-corrected chi connectivity index (χ3v) is 3.08. The first-order valence-corrected chi connectivity index (χ1v) is 6.75. The van der Waals surface area contributed by atoms with Crippen LogP contribution < -0.4 is 10.5 Å². The lowest BCUT2D eigenvalue weighted by atomic mass is 10.1. The summed E-state index contributed by atoms with van der Waals surface area (Å²) in [6, 6.07) is 8.13. The fourth-order valence-electron chi connectivity index (χ4n) is 2.04. The van der Waals surface area contributed by atoms with Gasteiger partial charge in [0.1, 0.15) is 18.2 Å². The Morgan fingerprint density at radius 1 is 1.26 bits per heavy atom. The average molecular weight is 259 g/mol. The molecule has 0 unspecified atom stereocenters. The molecule has 0 saturated heterocycles. The number of aromatic nitrogens is 2. The number of ether oxygens (including phenoxy) is 1. The minimum Gasteiger partial charge on any atom is -0.492 e. The molecule has 0 fully saturated rings. The van der Waals surface area contributed by atoms with Crippen molar-refractivity contribution in [3.63, 3.8) is 0 Å². The van der Waals surface area contributed by atoms with Crippen molar-refractivity contribution in [2.45, 2.75) is 26.3 Å². The Labute approximate surface area is 114 Å². The molecule has 0 saturated carbocycles. The first kappa shape index (κ1) is 13.6. The lowest BCUT2D eigenvalue weighted by Gasteiger charge is -2.09. The van der Waals surface area contributed by atoms with Gasteiger partial charge >= 0.3 is 0 Å². The topological polar surface area (TPSA) is 53.1 Å². The maximum atomic E-state index is 5.73. The summed E-state index contributed by atoms with van der Waals surface area (Å²) >= 11 is 0. The molecule has 0 radical (unpaired) electrons. The molecule has 4 heteroatoms. The van der Waals surface area contributed by atoms with Crippen LogP contribution in [-0.2, 0) is 19.4 Å². The zero-order valence-corrected chi connectivity index (χ0v) is 11.4. The van der Waals surface area contributed by atoms with Crippen LogP contribution >= 0.6 is 0 Å². The van der Waals surface area contributed by atoms with Crippen molar-refractivity contribution in [1.82, 2.24) is 9.55 Å². The summed E-state index contributed by atoms with van der Waals surface area (Å²) < 4.78 is 7.86. The second-order valence-corrected chi connectivity index (χ2v) is 4.42. The summed E-state index contributed by atoms with van der Waals surface area (Å²) in [5.74, 6) is 2.00. The number of hydrogen-bond acceptors (Lipinski definition) is 3. The molecule has 0 aliphatic heterocycles. The third kappa shape index (κ3) is 3.83. The van der Waals surface area contributed by atoms with Crippen molar-refractivity contribution in [1.29, 1.82) is 0 Å². The summed E-state index contributed by atoms with van der Waals surface area (Å²) in [7, 11) is 0. The highest BCUT2D eigenvalue weighted by Crippen LogP contribution is 2.12. The summed E-state index contributed by atoms with van der Waals surface area (Å²) in [6.45, 7) is 4.27. The van der Waals surface area contributed by atoms with Crippen molar-refractivity contribution in [3.05, 3.63) is 48.0 Å². The Hall–Kier alpha value is -1.81. The van der Waals surface area contributed by atoms with E-state index in [2.05, 4.69) is 28.6 Å². The first-order valence-electron chi connectivity index (χ1n) is 6.75. The maximum Gasteiger partial charge on any atom is 0.119 e. The summed E-state index contributed by atoms with van der Waals surface area (Å²) in [6.07, 6.45) is 5.68. The van der Waals surface area contributed by atoms with Gasteiger partial charge in [0.15, 0.2) is 0 Å². The van der Waals surface area contributed by atoms with E-state index in [-0.39, 0.29) is 0 Å². The molecule has 0 amide bonds. The van der Waals surface area contributed by atoms with E-state index >= 15 is 0 Å². The fraction of sp³-hybridized carbons (Fsp3) is 0.400. The van der Waals surface area contributed by atoms with E-state index < -0.39 is 0 Å². The highest BCUT2D eigenvalue weighted by Gasteiger charge is 2.00. The van der Waals surface area contributed by atoms with Crippen LogP contribution in [0.25, 0.3) is 0 Å². The zero-order valence-electron chi connectivity index (χ0n) is 11.4. The molecule has 1 aromatic heterocycles. The van der Waals surface area contributed by atoms with Gasteiger partial charge in [-0.25, -0.2) is 4.98 Å². The lowest BCUT2D eigenvalue weighted by molar-refractivity contribution is 0.296. The second kappa shape index (κ2) is 6.95. The molecular weight excluding hydrogens is 238 g/mol. The maximum absolute atomic E-state index is 5.73. The van der Waals surface area contributed by atoms with Crippen LogP contribution in [0.15, 0.2) is 36.7 Å². The normalized spacial score (nSPS) is 10.6. The molecule has 0 aliphatic rings. The number of aryl methyl sites for hydroxylation is 1. The number of imidazole rings is 1. The van der Waals surface area contributed by atoms with E-state index in [4.69, 9.17) is 10.5 Å². The SMILES string of the molecule is CCc1nccn1CCOc1ccc(CCN)cc1. The molecule has 2 aromatic rings. The van der Waals surface area contributed by atoms with Gasteiger partial charge in [-0.15, -0.1) is 0 Å². The monoisotopic (exact) mass is 259 g/mol. The van der Waals surface area contributed by atoms with Crippen LogP contribution in [0.2, 0.25) is 0 Å². The largest absolute Gasteiger partial charge is 0.492 e. The Morgan fingerprint density at radius 2 is 2.05 bits per heavy atom.